The number of carbonyl (C=O) groups excluding carboxylic acids is 1. The number of carboxylic acid groups (broad SMARTS) is 1. The number of carboxylic acids is 1. The number of halogens is 2. The van der Waals surface area contributed by atoms with Crippen molar-refractivity contribution in [3.8, 4) is 16.9 Å². The van der Waals surface area contributed by atoms with Gasteiger partial charge in [-0.25, -0.2) is 4.79 Å². The molecule has 0 aliphatic heterocycles. The van der Waals surface area contributed by atoms with Crippen LogP contribution < -0.4 is 15.6 Å². The fourth-order valence-corrected chi connectivity index (χ4v) is 4.10. The summed E-state index contributed by atoms with van der Waals surface area (Å²) in [5.74, 6) is -1.36. The molecule has 1 atom stereocenters. The molecule has 0 radical (unpaired) electrons. The Morgan fingerprint density at radius 2 is 1.78 bits per heavy atom. The van der Waals surface area contributed by atoms with E-state index in [0.717, 1.165) is 8.95 Å². The van der Waals surface area contributed by atoms with E-state index in [0.29, 0.717) is 22.4 Å². The molecular formula is C23H20Br2N2O5. The van der Waals surface area contributed by atoms with Gasteiger partial charge in [-0.15, -0.1) is 0 Å². The Kier molecular flexibility index (Phi) is 7.52. The lowest BCUT2D eigenvalue weighted by Crippen LogP contribution is -2.42. The highest BCUT2D eigenvalue weighted by Gasteiger charge is 2.23. The third kappa shape index (κ3) is 5.46. The Morgan fingerprint density at radius 1 is 1.09 bits per heavy atom. The molecule has 0 fully saturated rings. The summed E-state index contributed by atoms with van der Waals surface area (Å²) in [4.78, 5) is 36.9. The van der Waals surface area contributed by atoms with Gasteiger partial charge in [-0.1, -0.05) is 40.2 Å². The van der Waals surface area contributed by atoms with Gasteiger partial charge < -0.3 is 19.7 Å². The van der Waals surface area contributed by atoms with Gasteiger partial charge in [0.2, 0.25) is 0 Å². The van der Waals surface area contributed by atoms with Crippen molar-refractivity contribution in [2.75, 3.05) is 7.11 Å². The highest BCUT2D eigenvalue weighted by molar-refractivity contribution is 9.10. The number of benzene rings is 2. The summed E-state index contributed by atoms with van der Waals surface area (Å²) in [6.45, 7) is 0. The molecule has 0 spiro atoms. The molecule has 2 N–H and O–H groups in total. The zero-order valence-electron chi connectivity index (χ0n) is 17.3. The number of aryl methyl sites for hydroxylation is 1. The van der Waals surface area contributed by atoms with Gasteiger partial charge in [-0.05, 0) is 51.3 Å². The normalized spacial score (nSPS) is 11.6. The van der Waals surface area contributed by atoms with Crippen LogP contribution in [0, 0.1) is 0 Å². The van der Waals surface area contributed by atoms with Crippen LogP contribution in [-0.4, -0.2) is 34.7 Å². The summed E-state index contributed by atoms with van der Waals surface area (Å²) < 4.78 is 8.22. The van der Waals surface area contributed by atoms with Gasteiger partial charge in [0.15, 0.2) is 0 Å². The van der Waals surface area contributed by atoms with E-state index in [-0.39, 0.29) is 17.5 Å². The molecule has 0 saturated carbocycles. The van der Waals surface area contributed by atoms with E-state index in [9.17, 15) is 19.5 Å². The number of carbonyl (C=O) groups is 2. The molecule has 0 bridgehead atoms. The number of hydrogen-bond donors (Lipinski definition) is 2. The second-order valence-corrected chi connectivity index (χ2v) is 8.93. The molecule has 1 heterocycles. The van der Waals surface area contributed by atoms with Crippen LogP contribution in [0.1, 0.15) is 15.9 Å². The maximum atomic E-state index is 12.7. The first-order valence-corrected chi connectivity index (χ1v) is 11.1. The van der Waals surface area contributed by atoms with Gasteiger partial charge in [-0.3, -0.25) is 9.59 Å². The van der Waals surface area contributed by atoms with Crippen LogP contribution in [0.5, 0.6) is 5.75 Å². The first-order chi connectivity index (χ1) is 15.2. The van der Waals surface area contributed by atoms with E-state index >= 15 is 0 Å². The SMILES string of the molecule is COc1cc(Br)ccc1C(=O)N[C@@H](Cc1ccc(-c2cc(Br)cn(C)c2=O)cc1)C(=O)O. The summed E-state index contributed by atoms with van der Waals surface area (Å²) >= 11 is 6.70. The second kappa shape index (κ2) is 10.1. The van der Waals surface area contributed by atoms with Crippen LogP contribution in [-0.2, 0) is 18.3 Å². The van der Waals surface area contributed by atoms with E-state index in [1.165, 1.54) is 11.7 Å². The van der Waals surface area contributed by atoms with Gasteiger partial charge in [0.25, 0.3) is 11.5 Å². The predicted molar refractivity (Wildman–Crippen MR) is 128 cm³/mol. The molecule has 0 aliphatic carbocycles. The van der Waals surface area contributed by atoms with Crippen molar-refractivity contribution >= 4 is 43.7 Å². The fraction of sp³-hybridized carbons (Fsp3) is 0.174. The topological polar surface area (TPSA) is 97.6 Å². The van der Waals surface area contributed by atoms with Crippen molar-refractivity contribution in [3.63, 3.8) is 0 Å². The van der Waals surface area contributed by atoms with E-state index in [4.69, 9.17) is 4.74 Å². The monoisotopic (exact) mass is 562 g/mol. The molecule has 166 valence electrons. The number of rotatable bonds is 7. The third-order valence-electron chi connectivity index (χ3n) is 4.87. The molecule has 7 nitrogen and oxygen atoms in total. The number of aliphatic carboxylic acids is 1. The summed E-state index contributed by atoms with van der Waals surface area (Å²) in [5, 5.41) is 12.2. The van der Waals surface area contributed by atoms with Crippen molar-refractivity contribution in [1.29, 1.82) is 0 Å². The number of ether oxygens (including phenoxy) is 1. The Labute approximate surface area is 201 Å². The lowest BCUT2D eigenvalue weighted by atomic mass is 10.0. The first-order valence-electron chi connectivity index (χ1n) is 9.52. The highest BCUT2D eigenvalue weighted by Crippen LogP contribution is 2.24. The molecule has 3 aromatic rings. The molecule has 0 aliphatic rings. The Bertz CT molecular complexity index is 1220. The van der Waals surface area contributed by atoms with Crippen molar-refractivity contribution in [3.05, 3.63) is 85.2 Å². The highest BCUT2D eigenvalue weighted by atomic mass is 79.9. The average molecular weight is 564 g/mol. The van der Waals surface area contributed by atoms with Crippen molar-refractivity contribution < 1.29 is 19.4 Å². The van der Waals surface area contributed by atoms with Crippen LogP contribution >= 0.6 is 31.9 Å². The number of nitrogens with one attached hydrogen (secondary N) is 1. The summed E-state index contributed by atoms with van der Waals surface area (Å²) in [7, 11) is 3.11. The number of amides is 1. The number of methoxy groups -OCH3 is 1. The van der Waals surface area contributed by atoms with Crippen LogP contribution in [0.2, 0.25) is 0 Å². The fourth-order valence-electron chi connectivity index (χ4n) is 3.22. The standard InChI is InChI=1S/C23H20Br2N2O5/c1-27-12-16(25)10-18(22(27)29)14-5-3-13(4-6-14)9-19(23(30)31)26-21(28)17-8-7-15(24)11-20(17)32-2/h3-8,10-12,19H,9H2,1-2H3,(H,26,28)(H,30,31)/t19-/m0/s1. The molecule has 0 unspecified atom stereocenters. The molecule has 1 aromatic heterocycles. The zero-order chi connectivity index (χ0) is 23.4. The van der Waals surface area contributed by atoms with Gasteiger partial charge in [0, 0.05) is 34.2 Å². The molecule has 32 heavy (non-hydrogen) atoms. The average Bonchev–Trinajstić information content (AvgIpc) is 2.76. The largest absolute Gasteiger partial charge is 0.496 e. The first kappa shape index (κ1) is 23.7. The minimum absolute atomic E-state index is 0.0801. The summed E-state index contributed by atoms with van der Waals surface area (Å²) in [6, 6.07) is 12.5. The quantitative estimate of drug-likeness (QED) is 0.452. The number of pyridine rings is 1. The third-order valence-corrected chi connectivity index (χ3v) is 5.79. The van der Waals surface area contributed by atoms with Gasteiger partial charge >= 0.3 is 5.97 Å². The van der Waals surface area contributed by atoms with Crippen LogP contribution in [0.4, 0.5) is 0 Å². The van der Waals surface area contributed by atoms with Crippen molar-refractivity contribution in [1.82, 2.24) is 9.88 Å². The van der Waals surface area contributed by atoms with E-state index in [1.807, 2.05) is 0 Å². The van der Waals surface area contributed by atoms with Crippen LogP contribution in [0.3, 0.4) is 0 Å². The molecular weight excluding hydrogens is 544 g/mol. The van der Waals surface area contributed by atoms with E-state index < -0.39 is 17.9 Å². The molecule has 9 heteroatoms. The zero-order valence-corrected chi connectivity index (χ0v) is 20.4. The lowest BCUT2D eigenvalue weighted by molar-refractivity contribution is -0.139. The lowest BCUT2D eigenvalue weighted by Gasteiger charge is -2.16. The van der Waals surface area contributed by atoms with Crippen molar-refractivity contribution in [2.24, 2.45) is 7.05 Å². The molecule has 2 aromatic carbocycles. The number of hydrogen-bond acceptors (Lipinski definition) is 4. The minimum Gasteiger partial charge on any atom is -0.496 e. The van der Waals surface area contributed by atoms with E-state index in [2.05, 4.69) is 37.2 Å². The van der Waals surface area contributed by atoms with Gasteiger partial charge in [-0.2, -0.15) is 0 Å². The molecule has 1 amide bonds. The Morgan fingerprint density at radius 3 is 2.41 bits per heavy atom. The summed E-state index contributed by atoms with van der Waals surface area (Å²) in [6.07, 6.45) is 1.76. The van der Waals surface area contributed by atoms with Gasteiger partial charge in [0.05, 0.1) is 12.7 Å². The maximum Gasteiger partial charge on any atom is 0.326 e. The number of nitrogens with zero attached hydrogens (tertiary/aromatic N) is 1. The Balaban J connectivity index is 1.79. The maximum absolute atomic E-state index is 12.7. The van der Waals surface area contributed by atoms with Crippen LogP contribution in [0.25, 0.3) is 11.1 Å². The van der Waals surface area contributed by atoms with E-state index in [1.54, 1.807) is 61.8 Å². The van der Waals surface area contributed by atoms with Crippen molar-refractivity contribution in [2.45, 2.75) is 12.5 Å². The molecule has 3 rings (SSSR count). The minimum atomic E-state index is -1.15. The Hall–Kier alpha value is -2.91. The smallest absolute Gasteiger partial charge is 0.326 e. The van der Waals surface area contributed by atoms with Crippen LogP contribution in [0.15, 0.2) is 68.5 Å². The van der Waals surface area contributed by atoms with Gasteiger partial charge in [0.1, 0.15) is 11.8 Å². The summed E-state index contributed by atoms with van der Waals surface area (Å²) in [5.41, 5.74) is 2.05. The number of aromatic nitrogens is 1. The second-order valence-electron chi connectivity index (χ2n) is 7.10. The predicted octanol–water partition coefficient (Wildman–Crippen LogP) is 4.01. The molecule has 0 saturated heterocycles.